The van der Waals surface area contributed by atoms with Crippen molar-refractivity contribution in [2.75, 3.05) is 6.54 Å². The summed E-state index contributed by atoms with van der Waals surface area (Å²) in [6.07, 6.45) is 1.12. The van der Waals surface area contributed by atoms with E-state index in [1.807, 2.05) is 0 Å². The fourth-order valence-corrected chi connectivity index (χ4v) is 2.61. The van der Waals surface area contributed by atoms with E-state index in [4.69, 9.17) is 0 Å². The maximum Gasteiger partial charge on any atom is 0.0223 e. The normalized spacial score (nSPS) is 15.8. The molecule has 1 heterocycles. The number of nitrogens with one attached hydrogen (secondary N) is 1. The third-order valence-corrected chi connectivity index (χ3v) is 3.66. The summed E-state index contributed by atoms with van der Waals surface area (Å²) in [6, 6.07) is 4.20. The predicted octanol–water partition coefficient (Wildman–Crippen LogP) is 2.86. The third-order valence-electron chi connectivity index (χ3n) is 2.17. The Balaban J connectivity index is 2.57. The summed E-state index contributed by atoms with van der Waals surface area (Å²) in [5.41, 5.74) is 2.85. The van der Waals surface area contributed by atoms with Crippen LogP contribution in [-0.2, 0) is 13.0 Å². The van der Waals surface area contributed by atoms with Crippen molar-refractivity contribution in [3.8, 4) is 0 Å². The molecule has 1 aliphatic heterocycles. The van der Waals surface area contributed by atoms with Crippen molar-refractivity contribution in [3.05, 3.63) is 32.2 Å². The zero-order valence-electron chi connectivity index (χ0n) is 6.53. The topological polar surface area (TPSA) is 12.0 Å². The molecule has 1 aromatic rings. The summed E-state index contributed by atoms with van der Waals surface area (Å²) in [6.45, 7) is 2.07. The summed E-state index contributed by atoms with van der Waals surface area (Å²) < 4.78 is 2.45. The Kier molecular flexibility index (Phi) is 2.53. The van der Waals surface area contributed by atoms with E-state index in [1.165, 1.54) is 20.1 Å². The molecule has 0 amide bonds. The van der Waals surface area contributed by atoms with Crippen molar-refractivity contribution >= 4 is 31.9 Å². The Morgan fingerprint density at radius 1 is 1.08 bits per heavy atom. The molecule has 0 radical (unpaired) electrons. The Labute approximate surface area is 88.8 Å². The van der Waals surface area contributed by atoms with Gasteiger partial charge in [0.05, 0.1) is 0 Å². The molecule has 1 aromatic carbocycles. The van der Waals surface area contributed by atoms with Gasteiger partial charge in [-0.3, -0.25) is 0 Å². The van der Waals surface area contributed by atoms with Gasteiger partial charge in [0.25, 0.3) is 0 Å². The van der Waals surface area contributed by atoms with Gasteiger partial charge in [-0.15, -0.1) is 0 Å². The number of rotatable bonds is 0. The Bertz CT molecular complexity index is 279. The van der Waals surface area contributed by atoms with Crippen LogP contribution in [0.4, 0.5) is 0 Å². The summed E-state index contributed by atoms with van der Waals surface area (Å²) in [4.78, 5) is 0. The minimum atomic E-state index is 0.982. The van der Waals surface area contributed by atoms with Gasteiger partial charge in [-0.25, -0.2) is 0 Å². The molecular formula is C9H9Br2N. The molecule has 1 aliphatic rings. The van der Waals surface area contributed by atoms with E-state index >= 15 is 0 Å². The fraction of sp³-hybridized carbons (Fsp3) is 0.333. The molecular weight excluding hydrogens is 282 g/mol. The van der Waals surface area contributed by atoms with Gasteiger partial charge in [-0.05, 0) is 36.2 Å². The number of hydrogen-bond donors (Lipinski definition) is 1. The van der Waals surface area contributed by atoms with E-state index in [2.05, 4.69) is 49.3 Å². The molecule has 3 heteroatoms. The van der Waals surface area contributed by atoms with Crippen LogP contribution in [0.3, 0.4) is 0 Å². The van der Waals surface area contributed by atoms with Crippen molar-refractivity contribution in [2.45, 2.75) is 13.0 Å². The van der Waals surface area contributed by atoms with E-state index in [0.29, 0.717) is 0 Å². The standard InChI is InChI=1S/C9H9Br2N/c10-8-1-2-9(11)7-5-12-4-3-6(7)8/h1-2,12H,3-5H2. The Morgan fingerprint density at radius 2 is 1.75 bits per heavy atom. The molecule has 0 aliphatic carbocycles. The molecule has 0 aromatic heterocycles. The largest absolute Gasteiger partial charge is 0.312 e. The molecule has 2 rings (SSSR count). The third kappa shape index (κ3) is 1.45. The van der Waals surface area contributed by atoms with Crippen LogP contribution in [0.25, 0.3) is 0 Å². The van der Waals surface area contributed by atoms with E-state index < -0.39 is 0 Å². The molecule has 0 saturated heterocycles. The summed E-state index contributed by atoms with van der Waals surface area (Å²) >= 11 is 7.12. The van der Waals surface area contributed by atoms with Crippen LogP contribution in [0.5, 0.6) is 0 Å². The second-order valence-electron chi connectivity index (χ2n) is 2.91. The van der Waals surface area contributed by atoms with Gasteiger partial charge in [0.1, 0.15) is 0 Å². The SMILES string of the molecule is Brc1ccc(Br)c2c1CCNC2. The van der Waals surface area contributed by atoms with Crippen molar-refractivity contribution in [1.29, 1.82) is 0 Å². The molecule has 0 fully saturated rings. The minimum Gasteiger partial charge on any atom is -0.312 e. The Hall–Kier alpha value is 0.140. The van der Waals surface area contributed by atoms with Gasteiger partial charge in [0, 0.05) is 15.5 Å². The lowest BCUT2D eigenvalue weighted by atomic mass is 10.0. The molecule has 0 saturated carbocycles. The second-order valence-corrected chi connectivity index (χ2v) is 4.62. The van der Waals surface area contributed by atoms with Crippen LogP contribution < -0.4 is 5.32 Å². The maximum atomic E-state index is 3.57. The lowest BCUT2D eigenvalue weighted by Crippen LogP contribution is -2.24. The average molecular weight is 291 g/mol. The fourth-order valence-electron chi connectivity index (χ4n) is 1.52. The van der Waals surface area contributed by atoms with Crippen LogP contribution in [0, 0.1) is 0 Å². The number of hydrogen-bond acceptors (Lipinski definition) is 1. The number of halogens is 2. The highest BCUT2D eigenvalue weighted by Gasteiger charge is 2.13. The van der Waals surface area contributed by atoms with Crippen LogP contribution >= 0.6 is 31.9 Å². The molecule has 12 heavy (non-hydrogen) atoms. The van der Waals surface area contributed by atoms with E-state index in [0.717, 1.165) is 19.5 Å². The summed E-state index contributed by atoms with van der Waals surface area (Å²) in [5.74, 6) is 0. The van der Waals surface area contributed by atoms with E-state index in [9.17, 15) is 0 Å². The summed E-state index contributed by atoms with van der Waals surface area (Å²) in [5, 5.41) is 3.36. The van der Waals surface area contributed by atoms with E-state index in [-0.39, 0.29) is 0 Å². The van der Waals surface area contributed by atoms with E-state index in [1.54, 1.807) is 0 Å². The first kappa shape index (κ1) is 8.73. The highest BCUT2D eigenvalue weighted by atomic mass is 79.9. The first-order valence-electron chi connectivity index (χ1n) is 3.95. The zero-order valence-corrected chi connectivity index (χ0v) is 9.70. The number of benzene rings is 1. The lowest BCUT2D eigenvalue weighted by molar-refractivity contribution is 0.639. The van der Waals surface area contributed by atoms with Gasteiger partial charge < -0.3 is 5.32 Å². The summed E-state index contributed by atoms with van der Waals surface area (Å²) in [7, 11) is 0. The van der Waals surface area contributed by atoms with Gasteiger partial charge in [-0.1, -0.05) is 31.9 Å². The highest BCUT2D eigenvalue weighted by Crippen LogP contribution is 2.29. The van der Waals surface area contributed by atoms with Gasteiger partial charge in [0.15, 0.2) is 0 Å². The van der Waals surface area contributed by atoms with Gasteiger partial charge in [-0.2, -0.15) is 0 Å². The van der Waals surface area contributed by atoms with Crippen LogP contribution in [-0.4, -0.2) is 6.54 Å². The quantitative estimate of drug-likeness (QED) is 0.775. The Morgan fingerprint density at radius 3 is 2.42 bits per heavy atom. The van der Waals surface area contributed by atoms with Crippen molar-refractivity contribution in [2.24, 2.45) is 0 Å². The molecule has 0 unspecified atom stereocenters. The zero-order chi connectivity index (χ0) is 8.55. The smallest absolute Gasteiger partial charge is 0.0223 e. The second kappa shape index (κ2) is 3.48. The van der Waals surface area contributed by atoms with Crippen LogP contribution in [0.1, 0.15) is 11.1 Å². The molecule has 1 N–H and O–H groups in total. The van der Waals surface area contributed by atoms with Crippen molar-refractivity contribution in [1.82, 2.24) is 5.32 Å². The first-order chi connectivity index (χ1) is 5.79. The van der Waals surface area contributed by atoms with Crippen LogP contribution in [0.2, 0.25) is 0 Å². The minimum absolute atomic E-state index is 0.982. The lowest BCUT2D eigenvalue weighted by Gasteiger charge is -2.19. The van der Waals surface area contributed by atoms with Crippen LogP contribution in [0.15, 0.2) is 21.1 Å². The number of fused-ring (bicyclic) bond motifs is 1. The highest BCUT2D eigenvalue weighted by molar-refractivity contribution is 9.11. The van der Waals surface area contributed by atoms with Crippen molar-refractivity contribution < 1.29 is 0 Å². The monoisotopic (exact) mass is 289 g/mol. The molecule has 0 atom stereocenters. The average Bonchev–Trinajstić information content (AvgIpc) is 2.12. The molecule has 1 nitrogen and oxygen atoms in total. The predicted molar refractivity (Wildman–Crippen MR) is 57.3 cm³/mol. The van der Waals surface area contributed by atoms with Gasteiger partial charge in [0.2, 0.25) is 0 Å². The molecule has 0 bridgehead atoms. The molecule has 64 valence electrons. The van der Waals surface area contributed by atoms with Gasteiger partial charge >= 0.3 is 0 Å². The van der Waals surface area contributed by atoms with Crippen molar-refractivity contribution in [3.63, 3.8) is 0 Å². The first-order valence-corrected chi connectivity index (χ1v) is 5.54. The molecule has 0 spiro atoms. The maximum absolute atomic E-state index is 3.57.